The molecule has 4 N–H and O–H groups in total. The second kappa shape index (κ2) is 7.46. The minimum absolute atomic E-state index is 0.391. The molecule has 0 radical (unpaired) electrons. The summed E-state index contributed by atoms with van der Waals surface area (Å²) in [4.78, 5) is 13.2. The molecule has 1 unspecified atom stereocenters. The molecule has 2 aliphatic rings. The third-order valence-corrected chi connectivity index (χ3v) is 4.94. The van der Waals surface area contributed by atoms with E-state index in [2.05, 4.69) is 20.4 Å². The van der Waals surface area contributed by atoms with Gasteiger partial charge in [-0.25, -0.2) is 20.0 Å². The van der Waals surface area contributed by atoms with Crippen LogP contribution in [0.25, 0.3) is 11.2 Å². The molecule has 0 amide bonds. The standard InChI is InChI=1S/C14H19IN6O5/c15-14-17-11(19-20-1-3-25-4-2-20)8-12(18-14)21(6-16-8)13-10(24)9(23)7(5-22)26-13/h6-7,9-10,13,22-24H,1-5H2,(H,17,18,19)/t7-,9-,10-,13?/m1/s1. The summed E-state index contributed by atoms with van der Waals surface area (Å²) in [6.07, 6.45) is -2.66. The molecule has 2 aromatic heterocycles. The predicted molar refractivity (Wildman–Crippen MR) is 97.1 cm³/mol. The third-order valence-electron chi connectivity index (χ3n) is 4.46. The van der Waals surface area contributed by atoms with Crippen LogP contribution in [0.15, 0.2) is 6.33 Å². The molecule has 12 heteroatoms. The van der Waals surface area contributed by atoms with E-state index in [4.69, 9.17) is 9.47 Å². The number of rotatable bonds is 4. The number of ether oxygens (including phenoxy) is 2. The Hall–Kier alpha value is -1.16. The molecule has 0 bridgehead atoms. The van der Waals surface area contributed by atoms with Gasteiger partial charge < -0.3 is 30.2 Å². The van der Waals surface area contributed by atoms with E-state index >= 15 is 0 Å². The van der Waals surface area contributed by atoms with Crippen LogP contribution in [0, 0.1) is 3.83 Å². The Kier molecular flexibility index (Phi) is 5.22. The fraction of sp³-hybridized carbons (Fsp3) is 0.643. The van der Waals surface area contributed by atoms with E-state index < -0.39 is 31.1 Å². The van der Waals surface area contributed by atoms with Crippen molar-refractivity contribution < 1.29 is 24.8 Å². The second-order valence-electron chi connectivity index (χ2n) is 6.11. The van der Waals surface area contributed by atoms with Gasteiger partial charge in [-0.15, -0.1) is 0 Å². The number of hydrazine groups is 1. The number of morpholine rings is 1. The maximum Gasteiger partial charge on any atom is 0.194 e. The molecular formula is C14H19IN6O5. The average Bonchev–Trinajstić information content (AvgIpc) is 3.17. The largest absolute Gasteiger partial charge is 0.394 e. The van der Waals surface area contributed by atoms with E-state index in [-0.39, 0.29) is 0 Å². The summed E-state index contributed by atoms with van der Waals surface area (Å²) in [5.41, 5.74) is 4.23. The van der Waals surface area contributed by atoms with Crippen LogP contribution < -0.4 is 5.43 Å². The highest BCUT2D eigenvalue weighted by Crippen LogP contribution is 2.32. The normalized spacial score (nSPS) is 30.2. The van der Waals surface area contributed by atoms with Crippen molar-refractivity contribution in [1.82, 2.24) is 24.5 Å². The lowest BCUT2D eigenvalue weighted by Gasteiger charge is -2.27. The Morgan fingerprint density at radius 1 is 1.23 bits per heavy atom. The number of hydrogen-bond acceptors (Lipinski definition) is 10. The van der Waals surface area contributed by atoms with Gasteiger partial charge in [-0.05, 0) is 0 Å². The van der Waals surface area contributed by atoms with E-state index in [0.717, 1.165) is 13.1 Å². The number of nitrogens with zero attached hydrogens (tertiary/aromatic N) is 5. The maximum absolute atomic E-state index is 10.3. The van der Waals surface area contributed by atoms with Crippen molar-refractivity contribution in [2.45, 2.75) is 24.5 Å². The zero-order chi connectivity index (χ0) is 18.3. The summed E-state index contributed by atoms with van der Waals surface area (Å²) in [7, 11) is 0. The highest BCUT2D eigenvalue weighted by atomic mass is 127. The molecule has 4 heterocycles. The van der Waals surface area contributed by atoms with Gasteiger partial charge >= 0.3 is 0 Å². The molecule has 4 atom stereocenters. The molecule has 0 aromatic carbocycles. The zero-order valence-electron chi connectivity index (χ0n) is 13.7. The highest BCUT2D eigenvalue weighted by Gasteiger charge is 2.44. The summed E-state index contributed by atoms with van der Waals surface area (Å²) < 4.78 is 13.0. The Labute approximate surface area is 162 Å². The van der Waals surface area contributed by atoms with Gasteiger partial charge in [0.15, 0.2) is 27.0 Å². The molecule has 0 spiro atoms. The van der Waals surface area contributed by atoms with Gasteiger partial charge in [0, 0.05) is 35.7 Å². The number of hydrogen-bond donors (Lipinski definition) is 4. The van der Waals surface area contributed by atoms with Crippen LogP contribution in [-0.2, 0) is 9.47 Å². The van der Waals surface area contributed by atoms with Gasteiger partial charge in [0.2, 0.25) is 0 Å². The monoisotopic (exact) mass is 478 g/mol. The summed E-state index contributed by atoms with van der Waals surface area (Å²) in [6, 6.07) is 0. The number of imidazole rings is 1. The van der Waals surface area contributed by atoms with E-state index in [1.54, 1.807) is 4.57 Å². The summed E-state index contributed by atoms with van der Waals surface area (Å²) in [6.45, 7) is 2.32. The quantitative estimate of drug-likeness (QED) is 0.310. The molecule has 2 aromatic rings. The fourth-order valence-electron chi connectivity index (χ4n) is 3.09. The minimum Gasteiger partial charge on any atom is -0.394 e. The van der Waals surface area contributed by atoms with Crippen LogP contribution in [-0.4, -0.2) is 91.1 Å². The van der Waals surface area contributed by atoms with Crippen LogP contribution in [0.2, 0.25) is 0 Å². The van der Waals surface area contributed by atoms with Crippen LogP contribution in [0.5, 0.6) is 0 Å². The molecule has 0 aliphatic carbocycles. The fourth-order valence-corrected chi connectivity index (χ4v) is 3.56. The summed E-state index contributed by atoms with van der Waals surface area (Å²) >= 11 is 2.01. The van der Waals surface area contributed by atoms with E-state index in [9.17, 15) is 15.3 Å². The van der Waals surface area contributed by atoms with Crippen molar-refractivity contribution in [3.63, 3.8) is 0 Å². The maximum atomic E-state index is 10.3. The van der Waals surface area contributed by atoms with Gasteiger partial charge in [0.25, 0.3) is 0 Å². The number of nitrogens with one attached hydrogen (secondary N) is 1. The SMILES string of the molecule is OC[C@H]1OC(n2cnc3c(NN4CCOCC4)nc(I)nc32)[C@H](O)[C@@H]1O. The third kappa shape index (κ3) is 3.26. The Bertz CT molecular complexity index is 785. The van der Waals surface area contributed by atoms with E-state index in [0.29, 0.717) is 34.0 Å². The first kappa shape index (κ1) is 18.2. The molecule has 4 rings (SSSR count). The number of aliphatic hydroxyl groups excluding tert-OH is 3. The average molecular weight is 478 g/mol. The first-order valence-corrected chi connectivity index (χ1v) is 9.28. The molecule has 142 valence electrons. The molecule has 2 aliphatic heterocycles. The van der Waals surface area contributed by atoms with Crippen molar-refractivity contribution in [3.8, 4) is 0 Å². The lowest BCUT2D eigenvalue weighted by Crippen LogP contribution is -2.40. The predicted octanol–water partition coefficient (Wildman–Crippen LogP) is -1.30. The number of fused-ring (bicyclic) bond motifs is 1. The number of aliphatic hydroxyl groups is 3. The van der Waals surface area contributed by atoms with Crippen molar-refractivity contribution in [2.24, 2.45) is 0 Å². The van der Waals surface area contributed by atoms with Crippen LogP contribution >= 0.6 is 22.6 Å². The Morgan fingerprint density at radius 3 is 2.69 bits per heavy atom. The first-order chi connectivity index (χ1) is 12.6. The van der Waals surface area contributed by atoms with Gasteiger partial charge in [-0.3, -0.25) is 4.57 Å². The van der Waals surface area contributed by atoms with Crippen LogP contribution in [0.3, 0.4) is 0 Å². The second-order valence-corrected chi connectivity index (χ2v) is 7.07. The Morgan fingerprint density at radius 2 is 2.00 bits per heavy atom. The lowest BCUT2D eigenvalue weighted by atomic mass is 10.1. The molecule has 2 saturated heterocycles. The van der Waals surface area contributed by atoms with Crippen molar-refractivity contribution in [3.05, 3.63) is 10.2 Å². The lowest BCUT2D eigenvalue weighted by molar-refractivity contribution is -0.0511. The smallest absolute Gasteiger partial charge is 0.194 e. The molecule has 11 nitrogen and oxygen atoms in total. The number of aromatic nitrogens is 4. The highest BCUT2D eigenvalue weighted by molar-refractivity contribution is 14.1. The van der Waals surface area contributed by atoms with E-state index in [1.165, 1.54) is 6.33 Å². The van der Waals surface area contributed by atoms with E-state index in [1.807, 2.05) is 27.6 Å². The molecular weight excluding hydrogens is 459 g/mol. The zero-order valence-corrected chi connectivity index (χ0v) is 15.9. The van der Waals surface area contributed by atoms with Gasteiger partial charge in [0.05, 0.1) is 26.1 Å². The van der Waals surface area contributed by atoms with Crippen LogP contribution in [0.1, 0.15) is 6.23 Å². The number of halogens is 1. The van der Waals surface area contributed by atoms with Crippen molar-refractivity contribution in [1.29, 1.82) is 0 Å². The van der Waals surface area contributed by atoms with Crippen molar-refractivity contribution in [2.75, 3.05) is 38.3 Å². The first-order valence-electron chi connectivity index (χ1n) is 8.20. The van der Waals surface area contributed by atoms with Gasteiger partial charge in [-0.1, -0.05) is 0 Å². The molecule has 2 fully saturated rings. The summed E-state index contributed by atoms with van der Waals surface area (Å²) in [5.74, 6) is 0.548. The molecule has 26 heavy (non-hydrogen) atoms. The topological polar surface area (TPSA) is 138 Å². The van der Waals surface area contributed by atoms with Crippen molar-refractivity contribution >= 4 is 39.6 Å². The minimum atomic E-state index is -1.20. The van der Waals surface area contributed by atoms with Gasteiger partial charge in [0.1, 0.15) is 18.3 Å². The molecule has 0 saturated carbocycles. The number of anilines is 1. The van der Waals surface area contributed by atoms with Crippen LogP contribution in [0.4, 0.5) is 5.82 Å². The Balaban J connectivity index is 1.67. The van der Waals surface area contributed by atoms with Gasteiger partial charge in [-0.2, -0.15) is 0 Å². The summed E-state index contributed by atoms with van der Waals surface area (Å²) in [5, 5.41) is 31.5.